The van der Waals surface area contributed by atoms with Gasteiger partial charge in [0.05, 0.1) is 18.6 Å². The second-order valence-electron chi connectivity index (χ2n) is 12.3. The molecular formula is C37H37NO6. The number of benzene rings is 4. The smallest absolute Gasteiger partial charge is 0.411 e. The number of cyclic esters (lactones) is 1. The van der Waals surface area contributed by atoms with Crippen LogP contribution in [0, 0.1) is 5.41 Å². The van der Waals surface area contributed by atoms with E-state index in [4.69, 9.17) is 14.2 Å². The molecule has 2 saturated heterocycles. The molecule has 0 aromatic heterocycles. The number of carboxylic acids is 1. The lowest BCUT2D eigenvalue weighted by molar-refractivity contribution is -0.218. The Hall–Kier alpha value is -4.46. The lowest BCUT2D eigenvalue weighted by Crippen LogP contribution is -2.54. The summed E-state index contributed by atoms with van der Waals surface area (Å²) in [6, 6.07) is 37.4. The summed E-state index contributed by atoms with van der Waals surface area (Å²) >= 11 is 0. The van der Waals surface area contributed by atoms with Gasteiger partial charge in [-0.2, -0.15) is 0 Å². The Labute approximate surface area is 258 Å². The Kier molecular flexibility index (Phi) is 8.25. The predicted molar refractivity (Wildman–Crippen MR) is 166 cm³/mol. The highest BCUT2D eigenvalue weighted by Crippen LogP contribution is 2.48. The van der Waals surface area contributed by atoms with Gasteiger partial charge in [0.2, 0.25) is 0 Å². The van der Waals surface area contributed by atoms with Gasteiger partial charge < -0.3 is 19.3 Å². The lowest BCUT2D eigenvalue weighted by atomic mass is 9.74. The molecule has 6 rings (SSSR count). The summed E-state index contributed by atoms with van der Waals surface area (Å²) in [5, 5.41) is 10.7. The number of carboxylic acid groups (broad SMARTS) is 1. The van der Waals surface area contributed by atoms with Crippen LogP contribution in [0.25, 0.3) is 0 Å². The number of rotatable bonds is 9. The second kappa shape index (κ2) is 12.3. The van der Waals surface area contributed by atoms with Crippen molar-refractivity contribution in [3.05, 3.63) is 144 Å². The maximum absolute atomic E-state index is 13.6. The highest BCUT2D eigenvalue weighted by molar-refractivity contribution is 5.82. The van der Waals surface area contributed by atoms with E-state index >= 15 is 0 Å². The van der Waals surface area contributed by atoms with Gasteiger partial charge >= 0.3 is 12.1 Å². The first kappa shape index (κ1) is 29.6. The third kappa shape index (κ3) is 5.61. The minimum Gasteiger partial charge on any atom is -0.480 e. The number of hydrogen-bond acceptors (Lipinski definition) is 5. The van der Waals surface area contributed by atoms with Crippen molar-refractivity contribution in [3.63, 3.8) is 0 Å². The van der Waals surface area contributed by atoms with Crippen molar-refractivity contribution in [1.82, 2.24) is 4.90 Å². The number of ether oxygens (including phenoxy) is 3. The van der Waals surface area contributed by atoms with E-state index in [1.165, 1.54) is 4.90 Å². The van der Waals surface area contributed by atoms with Crippen LogP contribution in [-0.2, 0) is 24.4 Å². The monoisotopic (exact) mass is 591 g/mol. The second-order valence-corrected chi connectivity index (χ2v) is 12.3. The van der Waals surface area contributed by atoms with E-state index in [9.17, 15) is 14.7 Å². The van der Waals surface area contributed by atoms with Crippen molar-refractivity contribution in [3.8, 4) is 0 Å². The first-order valence-electron chi connectivity index (χ1n) is 15.0. The number of aliphatic carboxylic acids is 1. The first-order chi connectivity index (χ1) is 21.3. The molecule has 2 aliphatic heterocycles. The Balaban J connectivity index is 1.28. The van der Waals surface area contributed by atoms with Gasteiger partial charge in [-0.15, -0.1) is 0 Å². The maximum atomic E-state index is 13.6. The topological polar surface area (TPSA) is 85.3 Å². The molecule has 0 bridgehead atoms. The fourth-order valence-corrected chi connectivity index (χ4v) is 6.70. The molecule has 4 aromatic carbocycles. The molecule has 44 heavy (non-hydrogen) atoms. The van der Waals surface area contributed by atoms with Gasteiger partial charge in [-0.1, -0.05) is 135 Å². The largest absolute Gasteiger partial charge is 0.480 e. The maximum Gasteiger partial charge on any atom is 0.411 e. The van der Waals surface area contributed by atoms with Gasteiger partial charge in [0.25, 0.3) is 0 Å². The molecule has 0 aliphatic carbocycles. The minimum absolute atomic E-state index is 0.255. The molecule has 1 unspecified atom stereocenters. The van der Waals surface area contributed by atoms with Gasteiger partial charge in [-0.25, -0.2) is 9.59 Å². The fourth-order valence-electron chi connectivity index (χ4n) is 6.70. The first-order valence-corrected chi connectivity index (χ1v) is 15.0. The van der Waals surface area contributed by atoms with Crippen molar-refractivity contribution >= 4 is 12.1 Å². The van der Waals surface area contributed by atoms with Crippen molar-refractivity contribution in [1.29, 1.82) is 0 Å². The summed E-state index contributed by atoms with van der Waals surface area (Å²) in [5.41, 5.74) is 2.32. The van der Waals surface area contributed by atoms with Gasteiger partial charge in [-0.3, -0.25) is 4.90 Å². The summed E-state index contributed by atoms with van der Waals surface area (Å²) in [5.74, 6) is -1.11. The Bertz CT molecular complexity index is 1510. The summed E-state index contributed by atoms with van der Waals surface area (Å²) in [4.78, 5) is 28.1. The zero-order valence-corrected chi connectivity index (χ0v) is 24.9. The molecule has 4 aromatic rings. The van der Waals surface area contributed by atoms with Crippen LogP contribution in [-0.4, -0.2) is 47.6 Å². The molecule has 7 heteroatoms. The summed E-state index contributed by atoms with van der Waals surface area (Å²) in [6.45, 7) is 4.43. The van der Waals surface area contributed by atoms with E-state index in [0.29, 0.717) is 13.2 Å². The molecule has 226 valence electrons. The molecule has 0 spiro atoms. The number of hydrogen-bond donors (Lipinski definition) is 1. The van der Waals surface area contributed by atoms with E-state index in [2.05, 4.69) is 24.3 Å². The molecule has 2 fully saturated rings. The number of carbonyl (C=O) groups excluding carboxylic acids is 1. The molecule has 7 nitrogen and oxygen atoms in total. The van der Waals surface area contributed by atoms with Crippen LogP contribution in [0.15, 0.2) is 121 Å². The summed E-state index contributed by atoms with van der Waals surface area (Å²) in [7, 11) is 0. The standard InChI is InChI=1S/C37H37NO6/c1-36(2,23-30-42-24-37(25-43-30,28-19-11-5-12-20-28)29-21-13-6-14-22-29)33(34(39)40)38-31(26-15-7-3-8-16-26)32(44-35(38)41)27-17-9-4-10-18-27/h3-22,30-33H,23-25H2,1-2H3,(H,39,40)/t31-,32?,33+/m0/s1. The Morgan fingerprint density at radius 3 is 1.73 bits per heavy atom. The van der Waals surface area contributed by atoms with Crippen molar-refractivity contribution in [2.24, 2.45) is 5.41 Å². The van der Waals surface area contributed by atoms with Crippen LogP contribution in [0.1, 0.15) is 54.7 Å². The molecular weight excluding hydrogens is 554 g/mol. The van der Waals surface area contributed by atoms with Crippen LogP contribution in [0.4, 0.5) is 4.79 Å². The van der Waals surface area contributed by atoms with Gasteiger partial charge in [0, 0.05) is 11.8 Å². The van der Waals surface area contributed by atoms with Crippen molar-refractivity contribution in [2.75, 3.05) is 13.2 Å². The molecule has 1 amide bonds. The van der Waals surface area contributed by atoms with E-state index in [1.54, 1.807) is 0 Å². The third-order valence-corrected chi connectivity index (χ3v) is 8.92. The van der Waals surface area contributed by atoms with Crippen LogP contribution < -0.4 is 0 Å². The minimum atomic E-state index is -1.21. The zero-order chi connectivity index (χ0) is 30.7. The molecule has 0 radical (unpaired) electrons. The fraction of sp³-hybridized carbons (Fsp3) is 0.297. The summed E-state index contributed by atoms with van der Waals surface area (Å²) < 4.78 is 18.7. The Morgan fingerprint density at radius 1 is 0.795 bits per heavy atom. The average molecular weight is 592 g/mol. The quantitative estimate of drug-likeness (QED) is 0.223. The Morgan fingerprint density at radius 2 is 1.25 bits per heavy atom. The highest BCUT2D eigenvalue weighted by atomic mass is 16.7. The molecule has 2 heterocycles. The van der Waals surface area contributed by atoms with Gasteiger partial charge in [0.1, 0.15) is 12.1 Å². The number of amides is 1. The molecule has 1 N–H and O–H groups in total. The SMILES string of the molecule is CC(C)(CC1OCC(c2ccccc2)(c2ccccc2)CO1)[C@@H](C(=O)O)N1C(=O)OC(c2ccccc2)[C@@H]1c1ccccc1. The van der Waals surface area contributed by atoms with E-state index in [0.717, 1.165) is 22.3 Å². The molecule has 0 saturated carbocycles. The normalized spacial score (nSPS) is 21.0. The summed E-state index contributed by atoms with van der Waals surface area (Å²) in [6.07, 6.45) is -1.73. The lowest BCUT2D eigenvalue weighted by Gasteiger charge is -2.44. The van der Waals surface area contributed by atoms with E-state index in [-0.39, 0.29) is 6.42 Å². The van der Waals surface area contributed by atoms with Crippen molar-refractivity contribution in [2.45, 2.75) is 50.2 Å². The number of nitrogens with zero attached hydrogens (tertiary/aromatic N) is 1. The van der Waals surface area contributed by atoms with E-state index in [1.807, 2.05) is 111 Å². The third-order valence-electron chi connectivity index (χ3n) is 8.92. The number of carbonyl (C=O) groups is 2. The highest BCUT2D eigenvalue weighted by Gasteiger charge is 2.54. The van der Waals surface area contributed by atoms with E-state index < -0.39 is 47.4 Å². The van der Waals surface area contributed by atoms with Crippen molar-refractivity contribution < 1.29 is 28.9 Å². The predicted octanol–water partition coefficient (Wildman–Crippen LogP) is 7.15. The van der Waals surface area contributed by atoms with Crippen LogP contribution in [0.5, 0.6) is 0 Å². The average Bonchev–Trinajstić information content (AvgIpc) is 3.38. The zero-order valence-electron chi connectivity index (χ0n) is 24.9. The van der Waals surface area contributed by atoms with Gasteiger partial charge in [-0.05, 0) is 22.3 Å². The van der Waals surface area contributed by atoms with Gasteiger partial charge in [0.15, 0.2) is 12.4 Å². The van der Waals surface area contributed by atoms with Crippen LogP contribution in [0.3, 0.4) is 0 Å². The van der Waals surface area contributed by atoms with Crippen LogP contribution >= 0.6 is 0 Å². The molecule has 2 aliphatic rings. The molecule has 3 atom stereocenters. The van der Waals surface area contributed by atoms with Crippen LogP contribution in [0.2, 0.25) is 0 Å².